The van der Waals surface area contributed by atoms with E-state index >= 15 is 0 Å². The molecule has 1 aliphatic heterocycles. The minimum Gasteiger partial charge on any atom is -0.377 e. The molecule has 0 amide bonds. The Hall–Kier alpha value is -1.31. The molecule has 1 heterocycles. The standard InChI is InChI=1S/C14H15NO2S/c1-10(16)13-5-4-11(8-15)7-14(13)18-9-12-3-2-6-17-12/h4-5,7,12H,2-3,6,9H2,1H3. The lowest BCUT2D eigenvalue weighted by atomic mass is 10.1. The Balaban J connectivity index is 2.13. The number of carbonyl (C=O) groups is 1. The van der Waals surface area contributed by atoms with Gasteiger partial charge in [0.2, 0.25) is 0 Å². The molecule has 18 heavy (non-hydrogen) atoms. The van der Waals surface area contributed by atoms with E-state index in [1.165, 1.54) is 0 Å². The van der Waals surface area contributed by atoms with E-state index in [4.69, 9.17) is 10.00 Å². The first-order valence-electron chi connectivity index (χ1n) is 6.00. The Kier molecular flexibility index (Phi) is 4.40. The molecule has 1 aromatic carbocycles. The highest BCUT2D eigenvalue weighted by atomic mass is 32.2. The van der Waals surface area contributed by atoms with Crippen LogP contribution in [0.5, 0.6) is 0 Å². The zero-order valence-corrected chi connectivity index (χ0v) is 11.1. The minimum atomic E-state index is 0.0364. The summed E-state index contributed by atoms with van der Waals surface area (Å²) < 4.78 is 5.56. The fourth-order valence-electron chi connectivity index (χ4n) is 1.96. The van der Waals surface area contributed by atoms with Crippen molar-refractivity contribution in [2.75, 3.05) is 12.4 Å². The van der Waals surface area contributed by atoms with Crippen molar-refractivity contribution in [3.8, 4) is 6.07 Å². The van der Waals surface area contributed by atoms with E-state index in [1.807, 2.05) is 0 Å². The Morgan fingerprint density at radius 3 is 3.06 bits per heavy atom. The lowest BCUT2D eigenvalue weighted by Gasteiger charge is -2.11. The average molecular weight is 261 g/mol. The molecule has 94 valence electrons. The van der Waals surface area contributed by atoms with Crippen molar-refractivity contribution in [1.82, 2.24) is 0 Å². The van der Waals surface area contributed by atoms with Crippen LogP contribution in [-0.4, -0.2) is 24.2 Å². The van der Waals surface area contributed by atoms with Crippen LogP contribution in [0.1, 0.15) is 35.7 Å². The van der Waals surface area contributed by atoms with Crippen molar-refractivity contribution < 1.29 is 9.53 Å². The topological polar surface area (TPSA) is 50.1 Å². The number of hydrogen-bond donors (Lipinski definition) is 0. The van der Waals surface area contributed by atoms with Gasteiger partial charge in [-0.1, -0.05) is 0 Å². The van der Waals surface area contributed by atoms with Gasteiger partial charge in [0, 0.05) is 22.8 Å². The molecule has 1 saturated heterocycles. The molecule has 0 spiro atoms. The van der Waals surface area contributed by atoms with Gasteiger partial charge in [-0.2, -0.15) is 5.26 Å². The second kappa shape index (κ2) is 6.03. The Labute approximate surface area is 111 Å². The van der Waals surface area contributed by atoms with E-state index in [-0.39, 0.29) is 11.9 Å². The van der Waals surface area contributed by atoms with Crippen LogP contribution >= 0.6 is 11.8 Å². The summed E-state index contributed by atoms with van der Waals surface area (Å²) >= 11 is 1.61. The Morgan fingerprint density at radius 2 is 2.44 bits per heavy atom. The molecule has 0 N–H and O–H groups in total. The monoisotopic (exact) mass is 261 g/mol. The van der Waals surface area contributed by atoms with Crippen molar-refractivity contribution in [2.45, 2.75) is 30.8 Å². The zero-order chi connectivity index (χ0) is 13.0. The van der Waals surface area contributed by atoms with Crippen LogP contribution in [0.25, 0.3) is 0 Å². The molecular formula is C14H15NO2S. The number of Topliss-reactive ketones (excluding diaryl/α,β-unsaturated/α-hetero) is 1. The van der Waals surface area contributed by atoms with Crippen LogP contribution in [0, 0.1) is 11.3 Å². The van der Waals surface area contributed by atoms with Crippen LogP contribution < -0.4 is 0 Å². The minimum absolute atomic E-state index is 0.0364. The van der Waals surface area contributed by atoms with Gasteiger partial charge < -0.3 is 4.74 Å². The molecule has 4 heteroatoms. The van der Waals surface area contributed by atoms with Gasteiger partial charge in [-0.15, -0.1) is 11.8 Å². The van der Waals surface area contributed by atoms with Crippen molar-refractivity contribution >= 4 is 17.5 Å². The quantitative estimate of drug-likeness (QED) is 0.617. The van der Waals surface area contributed by atoms with Crippen LogP contribution in [0.2, 0.25) is 0 Å². The Bertz CT molecular complexity index is 487. The van der Waals surface area contributed by atoms with Gasteiger partial charge in [0.25, 0.3) is 0 Å². The fourth-order valence-corrected chi connectivity index (χ4v) is 3.17. The summed E-state index contributed by atoms with van der Waals surface area (Å²) in [4.78, 5) is 12.4. The highest BCUT2D eigenvalue weighted by Gasteiger charge is 2.17. The number of nitriles is 1. The summed E-state index contributed by atoms with van der Waals surface area (Å²) in [5.74, 6) is 0.879. The molecule has 0 radical (unpaired) electrons. The number of benzene rings is 1. The van der Waals surface area contributed by atoms with E-state index in [0.717, 1.165) is 30.1 Å². The van der Waals surface area contributed by atoms with Gasteiger partial charge in [-0.25, -0.2) is 0 Å². The third-order valence-corrected chi connectivity index (χ3v) is 4.13. The first-order chi connectivity index (χ1) is 8.70. The predicted octanol–water partition coefficient (Wildman–Crippen LogP) is 3.03. The summed E-state index contributed by atoms with van der Waals surface area (Å²) in [5, 5.41) is 8.90. The summed E-state index contributed by atoms with van der Waals surface area (Å²) in [6.07, 6.45) is 2.48. The number of ketones is 1. The maximum Gasteiger partial charge on any atom is 0.160 e. The van der Waals surface area contributed by atoms with E-state index in [0.29, 0.717) is 11.1 Å². The van der Waals surface area contributed by atoms with Crippen molar-refractivity contribution in [2.24, 2.45) is 0 Å². The molecule has 1 unspecified atom stereocenters. The van der Waals surface area contributed by atoms with E-state index in [1.54, 1.807) is 36.9 Å². The number of rotatable bonds is 4. The van der Waals surface area contributed by atoms with Crippen molar-refractivity contribution in [3.05, 3.63) is 29.3 Å². The van der Waals surface area contributed by atoms with Gasteiger partial charge in [0.1, 0.15) is 0 Å². The maximum absolute atomic E-state index is 11.5. The largest absolute Gasteiger partial charge is 0.377 e. The molecule has 0 aliphatic carbocycles. The molecule has 1 atom stereocenters. The summed E-state index contributed by atoms with van der Waals surface area (Å²) in [6.45, 7) is 2.39. The number of carbonyl (C=O) groups excluding carboxylic acids is 1. The number of nitrogens with zero attached hydrogens (tertiary/aromatic N) is 1. The molecule has 3 nitrogen and oxygen atoms in total. The van der Waals surface area contributed by atoms with Gasteiger partial charge in [-0.05, 0) is 38.0 Å². The SMILES string of the molecule is CC(=O)c1ccc(C#N)cc1SCC1CCCO1. The van der Waals surface area contributed by atoms with Gasteiger partial charge in [0.15, 0.2) is 5.78 Å². The third-order valence-electron chi connectivity index (χ3n) is 2.94. The molecule has 2 rings (SSSR count). The van der Waals surface area contributed by atoms with Crippen molar-refractivity contribution in [1.29, 1.82) is 5.26 Å². The summed E-state index contributed by atoms with van der Waals surface area (Å²) in [5.41, 5.74) is 1.28. The van der Waals surface area contributed by atoms with Crippen LogP contribution in [0.3, 0.4) is 0 Å². The van der Waals surface area contributed by atoms with Crippen LogP contribution in [0.15, 0.2) is 23.1 Å². The van der Waals surface area contributed by atoms with Crippen LogP contribution in [-0.2, 0) is 4.74 Å². The highest BCUT2D eigenvalue weighted by Crippen LogP contribution is 2.28. The Morgan fingerprint density at radius 1 is 1.61 bits per heavy atom. The fraction of sp³-hybridized carbons (Fsp3) is 0.429. The number of hydrogen-bond acceptors (Lipinski definition) is 4. The van der Waals surface area contributed by atoms with Gasteiger partial charge in [0.05, 0.1) is 17.7 Å². The van der Waals surface area contributed by atoms with Gasteiger partial charge in [-0.3, -0.25) is 4.79 Å². The summed E-state index contributed by atoms with van der Waals surface area (Å²) in [6, 6.07) is 7.32. The second-order valence-electron chi connectivity index (χ2n) is 4.32. The molecule has 0 aromatic heterocycles. The van der Waals surface area contributed by atoms with E-state index in [2.05, 4.69) is 6.07 Å². The number of ether oxygens (including phenoxy) is 1. The molecular weight excluding hydrogens is 246 g/mol. The van der Waals surface area contributed by atoms with E-state index in [9.17, 15) is 4.79 Å². The van der Waals surface area contributed by atoms with E-state index < -0.39 is 0 Å². The normalized spacial score (nSPS) is 18.6. The number of thioether (sulfide) groups is 1. The molecule has 1 aromatic rings. The molecule has 1 aliphatic rings. The zero-order valence-electron chi connectivity index (χ0n) is 10.3. The highest BCUT2D eigenvalue weighted by molar-refractivity contribution is 7.99. The average Bonchev–Trinajstić information content (AvgIpc) is 2.88. The smallest absolute Gasteiger partial charge is 0.160 e. The van der Waals surface area contributed by atoms with Crippen molar-refractivity contribution in [3.63, 3.8) is 0 Å². The van der Waals surface area contributed by atoms with Gasteiger partial charge >= 0.3 is 0 Å². The first kappa shape index (κ1) is 13.1. The lowest BCUT2D eigenvalue weighted by Crippen LogP contribution is -2.08. The molecule has 1 fully saturated rings. The summed E-state index contributed by atoms with van der Waals surface area (Å²) in [7, 11) is 0. The molecule has 0 saturated carbocycles. The third kappa shape index (κ3) is 3.12. The first-order valence-corrected chi connectivity index (χ1v) is 6.99. The molecule has 0 bridgehead atoms. The van der Waals surface area contributed by atoms with Crippen LogP contribution in [0.4, 0.5) is 0 Å². The maximum atomic E-state index is 11.5. The second-order valence-corrected chi connectivity index (χ2v) is 5.39. The predicted molar refractivity (Wildman–Crippen MR) is 70.9 cm³/mol. The lowest BCUT2D eigenvalue weighted by molar-refractivity contribution is 0.101.